The SMILES string of the molecule is CC(=O)C[NH+]([N-]c1ccc(S(=O)(=O)NCCN(C)C)cc1)C(=O)Nc1cc(Cl)c(NC(=O)C(N=Nc2ccc(S(=O)(=O)NCCN(C)C)cc2)C(C)=O)cc1Cl. The summed E-state index contributed by atoms with van der Waals surface area (Å²) < 4.78 is 55.2. The molecule has 2 unspecified atom stereocenters. The first-order valence-electron chi connectivity index (χ1n) is 16.8. The van der Waals surface area contributed by atoms with E-state index in [0.717, 1.165) is 6.92 Å². The molecule has 3 rings (SSSR count). The van der Waals surface area contributed by atoms with Crippen LogP contribution >= 0.6 is 23.2 Å². The van der Waals surface area contributed by atoms with Gasteiger partial charge in [0.15, 0.2) is 11.6 Å². The number of carbonyl (C=O) groups excluding carboxylic acids is 4. The van der Waals surface area contributed by atoms with Gasteiger partial charge in [-0.15, -0.1) is 0 Å². The summed E-state index contributed by atoms with van der Waals surface area (Å²) in [5.41, 5.74) is 4.62. The van der Waals surface area contributed by atoms with E-state index < -0.39 is 43.8 Å². The largest absolute Gasteiger partial charge is 0.479 e. The van der Waals surface area contributed by atoms with E-state index in [9.17, 15) is 36.0 Å². The molecule has 18 nitrogen and oxygen atoms in total. The third-order valence-electron chi connectivity index (χ3n) is 7.42. The van der Waals surface area contributed by atoms with Crippen molar-refractivity contribution in [3.05, 3.63) is 76.1 Å². The number of hydrogen-bond donors (Lipinski definition) is 5. The van der Waals surface area contributed by atoms with Crippen LogP contribution in [-0.2, 0) is 34.4 Å². The Morgan fingerprint density at radius 3 is 1.66 bits per heavy atom. The van der Waals surface area contributed by atoms with E-state index in [1.165, 1.54) is 67.6 Å². The number of benzene rings is 3. The number of halogens is 2. The van der Waals surface area contributed by atoms with E-state index in [1.807, 2.05) is 38.0 Å². The highest BCUT2D eigenvalue weighted by molar-refractivity contribution is 7.89. The zero-order chi connectivity index (χ0) is 41.8. The number of ketones is 2. The zero-order valence-corrected chi connectivity index (χ0v) is 34.6. The van der Waals surface area contributed by atoms with Gasteiger partial charge in [-0.1, -0.05) is 41.0 Å². The highest BCUT2D eigenvalue weighted by Gasteiger charge is 2.25. The van der Waals surface area contributed by atoms with Crippen LogP contribution in [0.15, 0.2) is 80.7 Å². The van der Waals surface area contributed by atoms with E-state index in [2.05, 4.69) is 35.7 Å². The number of nitrogens with zero attached hydrogens (tertiary/aromatic N) is 5. The molecule has 0 saturated heterocycles. The topological polar surface area (TPSA) is 234 Å². The standard InChI is InChI=1S/C34H44Cl2N10O8S2/c1-22(47)21-46(43-25-9-13-27(14-10-25)56(53,54)38-16-18-45(5)6)34(50)40-31-20-28(35)30(19-29(31)36)39-33(49)32(23(2)48)42-41-24-7-11-26(12-8-24)55(51,52)37-15-17-44(3)4/h7-14,19-20,32,37-38,46H,15-18,21H2,1-6H3,(H2,39,40,41,42,49,50). The molecule has 2 atom stereocenters. The second-order valence-electron chi connectivity index (χ2n) is 12.8. The van der Waals surface area contributed by atoms with Crippen LogP contribution < -0.4 is 25.1 Å². The second kappa shape index (κ2) is 20.7. The molecule has 3 aromatic carbocycles. The van der Waals surface area contributed by atoms with E-state index in [0.29, 0.717) is 13.1 Å². The van der Waals surface area contributed by atoms with Crippen molar-refractivity contribution in [2.24, 2.45) is 10.2 Å². The summed E-state index contributed by atoms with van der Waals surface area (Å²) in [4.78, 5) is 54.4. The van der Waals surface area contributed by atoms with Gasteiger partial charge in [0, 0.05) is 33.1 Å². The summed E-state index contributed by atoms with van der Waals surface area (Å²) in [6, 6.07) is 10.8. The third kappa shape index (κ3) is 14.3. The second-order valence-corrected chi connectivity index (χ2v) is 17.2. The maximum atomic E-state index is 13.3. The van der Waals surface area contributed by atoms with E-state index in [-0.39, 0.29) is 73.0 Å². The minimum absolute atomic E-state index is 0.00215. The molecule has 0 bridgehead atoms. The fourth-order valence-corrected chi connectivity index (χ4v) is 6.97. The Bertz CT molecular complexity index is 2140. The molecule has 5 N–H and O–H groups in total. The molecule has 0 heterocycles. The van der Waals surface area contributed by atoms with Crippen molar-refractivity contribution in [3.63, 3.8) is 0 Å². The molecule has 3 amide bonds. The molecule has 0 radical (unpaired) electrons. The predicted octanol–water partition coefficient (Wildman–Crippen LogP) is 2.98. The number of quaternary nitrogens is 1. The molecule has 0 aliphatic carbocycles. The number of carbonyl (C=O) groups is 4. The monoisotopic (exact) mass is 854 g/mol. The van der Waals surface area contributed by atoms with Gasteiger partial charge in [-0.3, -0.25) is 24.7 Å². The Morgan fingerprint density at radius 2 is 1.21 bits per heavy atom. The molecule has 304 valence electrons. The number of anilines is 2. The van der Waals surface area contributed by atoms with Gasteiger partial charge >= 0.3 is 6.03 Å². The Labute approximate surface area is 336 Å². The number of nitrogens with one attached hydrogen (secondary N) is 5. The first-order chi connectivity index (χ1) is 26.2. The number of likely N-dealkylation sites (N-methyl/N-ethyl adjacent to an activating group) is 2. The lowest BCUT2D eigenvalue weighted by atomic mass is 10.2. The lowest BCUT2D eigenvalue weighted by molar-refractivity contribution is -0.757. The molecular weight excluding hydrogens is 811 g/mol. The molecule has 56 heavy (non-hydrogen) atoms. The first-order valence-corrected chi connectivity index (χ1v) is 20.5. The fraction of sp³-hybridized carbons (Fsp3) is 0.353. The van der Waals surface area contributed by atoms with Crippen LogP contribution in [0.4, 0.5) is 27.5 Å². The predicted molar refractivity (Wildman–Crippen MR) is 213 cm³/mol. The van der Waals surface area contributed by atoms with Gasteiger partial charge in [0.2, 0.25) is 26.1 Å². The molecule has 3 aromatic rings. The summed E-state index contributed by atoms with van der Waals surface area (Å²) >= 11 is 12.8. The maximum Gasteiger partial charge on any atom is 0.414 e. The van der Waals surface area contributed by atoms with Crippen molar-refractivity contribution < 1.29 is 41.0 Å². The van der Waals surface area contributed by atoms with Crippen LogP contribution in [0, 0.1) is 0 Å². The Morgan fingerprint density at radius 1 is 0.750 bits per heavy atom. The summed E-state index contributed by atoms with van der Waals surface area (Å²) in [5.74, 6) is -1.94. The van der Waals surface area contributed by atoms with Gasteiger partial charge < -0.3 is 20.5 Å². The molecule has 0 aromatic heterocycles. The number of rotatable bonds is 20. The number of urea groups is 1. The van der Waals surface area contributed by atoms with Crippen molar-refractivity contribution in [1.82, 2.24) is 19.2 Å². The first kappa shape index (κ1) is 46.0. The van der Waals surface area contributed by atoms with Gasteiger partial charge in [-0.2, -0.15) is 10.2 Å². The third-order valence-corrected chi connectivity index (χ3v) is 11.0. The van der Waals surface area contributed by atoms with Crippen LogP contribution in [0.5, 0.6) is 0 Å². The highest BCUT2D eigenvalue weighted by atomic mass is 35.5. The lowest BCUT2D eigenvalue weighted by Crippen LogP contribution is -3.12. The molecule has 22 heteroatoms. The van der Waals surface area contributed by atoms with Gasteiger partial charge in [0.25, 0.3) is 5.91 Å². The Kier molecular flexibility index (Phi) is 17.0. The van der Waals surface area contributed by atoms with Gasteiger partial charge in [-0.25, -0.2) is 31.1 Å². The molecule has 0 spiro atoms. The summed E-state index contributed by atoms with van der Waals surface area (Å²) in [5, 5.41) is 12.4. The highest BCUT2D eigenvalue weighted by Crippen LogP contribution is 2.33. The van der Waals surface area contributed by atoms with Crippen LogP contribution in [0.25, 0.3) is 5.43 Å². The van der Waals surface area contributed by atoms with Crippen molar-refractivity contribution in [3.8, 4) is 0 Å². The van der Waals surface area contributed by atoms with Gasteiger partial charge in [-0.05, 0) is 83.6 Å². The average Bonchev–Trinajstić information content (AvgIpc) is 3.09. The van der Waals surface area contributed by atoms with Gasteiger partial charge in [0.1, 0.15) is 6.54 Å². The number of sulfonamides is 2. The molecular formula is C34H44Cl2N10O8S2. The van der Waals surface area contributed by atoms with Crippen LogP contribution in [0.3, 0.4) is 0 Å². The van der Waals surface area contributed by atoms with Gasteiger partial charge in [0.05, 0.1) is 36.9 Å². The minimum Gasteiger partial charge on any atom is -0.479 e. The summed E-state index contributed by atoms with van der Waals surface area (Å²) in [6.07, 6.45) is 0. The average molecular weight is 856 g/mol. The number of Topliss-reactive ketones (excluding diaryl/α,β-unsaturated/α-hetero) is 2. The smallest absolute Gasteiger partial charge is 0.414 e. The van der Waals surface area contributed by atoms with Crippen LogP contribution in [0.2, 0.25) is 10.0 Å². The molecule has 0 aliphatic heterocycles. The number of hydrogen-bond acceptors (Lipinski definition) is 12. The van der Waals surface area contributed by atoms with E-state index >= 15 is 0 Å². The van der Waals surface area contributed by atoms with Crippen molar-refractivity contribution >= 4 is 89.5 Å². The molecule has 0 aliphatic rings. The van der Waals surface area contributed by atoms with Crippen molar-refractivity contribution in [1.29, 1.82) is 0 Å². The Balaban J connectivity index is 1.70. The summed E-state index contributed by atoms with van der Waals surface area (Å²) in [6.45, 7) is 3.44. The minimum atomic E-state index is -3.79. The van der Waals surface area contributed by atoms with Crippen LogP contribution in [-0.4, -0.2) is 117 Å². The maximum absolute atomic E-state index is 13.3. The molecule has 0 saturated carbocycles. The zero-order valence-electron chi connectivity index (χ0n) is 31.5. The van der Waals surface area contributed by atoms with Crippen molar-refractivity contribution in [2.75, 3.05) is 71.5 Å². The van der Waals surface area contributed by atoms with E-state index in [4.69, 9.17) is 23.2 Å². The quantitative estimate of drug-likeness (QED) is 0.0633. The lowest BCUT2D eigenvalue weighted by Gasteiger charge is -2.29. The normalized spacial score (nSPS) is 13.1. The summed E-state index contributed by atoms with van der Waals surface area (Å²) in [7, 11) is -0.306. The fourth-order valence-electron chi connectivity index (χ4n) is 4.50. The van der Waals surface area contributed by atoms with Crippen molar-refractivity contribution in [2.45, 2.75) is 29.7 Å². The Hall–Kier alpha value is -4.38. The molecule has 0 fully saturated rings. The van der Waals surface area contributed by atoms with Crippen LogP contribution in [0.1, 0.15) is 13.8 Å². The number of amides is 3. The number of azo groups is 1. The van der Waals surface area contributed by atoms with E-state index in [1.54, 1.807) is 0 Å².